The van der Waals surface area contributed by atoms with Crippen LogP contribution in [0.4, 0.5) is 4.79 Å². The number of hydrogen-bond donors (Lipinski definition) is 1. The highest BCUT2D eigenvalue weighted by molar-refractivity contribution is 5.86. The minimum absolute atomic E-state index is 0.103. The molecule has 84 valence electrons. The molecule has 0 aliphatic carbocycles. The van der Waals surface area contributed by atoms with Crippen LogP contribution in [0.3, 0.4) is 0 Å². The van der Waals surface area contributed by atoms with E-state index < -0.39 is 5.97 Å². The van der Waals surface area contributed by atoms with Gasteiger partial charge in [-0.05, 0) is 13.8 Å². The first kappa shape index (κ1) is 11.6. The Morgan fingerprint density at radius 2 is 2.20 bits per heavy atom. The molecular weight excluding hydrogens is 196 g/mol. The first-order valence-corrected chi connectivity index (χ1v) is 4.89. The molecule has 1 unspecified atom stereocenters. The molecule has 5 heteroatoms. The number of ether oxygens (including phenoxy) is 1. The zero-order chi connectivity index (χ0) is 11.4. The molecule has 1 saturated heterocycles. The van der Waals surface area contributed by atoms with Crippen LogP contribution >= 0.6 is 0 Å². The number of hydrogen-bond acceptors (Lipinski definition) is 3. The molecule has 1 fully saturated rings. The predicted molar refractivity (Wildman–Crippen MR) is 55.3 cm³/mol. The molecule has 0 aromatic rings. The van der Waals surface area contributed by atoms with Gasteiger partial charge in [-0.15, -0.1) is 0 Å². The quantitative estimate of drug-likeness (QED) is 0.320. The van der Waals surface area contributed by atoms with Crippen LogP contribution in [-0.4, -0.2) is 42.6 Å². The van der Waals surface area contributed by atoms with Gasteiger partial charge in [-0.3, -0.25) is 0 Å². The van der Waals surface area contributed by atoms with E-state index in [2.05, 4.69) is 11.9 Å². The second kappa shape index (κ2) is 4.82. The molecule has 2 amide bonds. The summed E-state index contributed by atoms with van der Waals surface area (Å²) in [4.78, 5) is 23.9. The van der Waals surface area contributed by atoms with E-state index in [1.165, 1.54) is 0 Å². The molecule has 1 atom stereocenters. The second-order valence-corrected chi connectivity index (χ2v) is 3.65. The number of urea groups is 1. The Morgan fingerprint density at radius 1 is 1.60 bits per heavy atom. The van der Waals surface area contributed by atoms with Gasteiger partial charge in [0, 0.05) is 18.2 Å². The Hall–Kier alpha value is -1.52. The average Bonchev–Trinajstić information content (AvgIpc) is 2.89. The van der Waals surface area contributed by atoms with Crippen molar-refractivity contribution in [2.45, 2.75) is 19.9 Å². The Bertz CT molecular complexity index is 288. The number of carbonyl (C=O) groups is 2. The average molecular weight is 212 g/mol. The van der Waals surface area contributed by atoms with Gasteiger partial charge in [0.25, 0.3) is 0 Å². The number of amides is 2. The number of nitrogens with zero attached hydrogens (tertiary/aromatic N) is 1. The molecule has 0 aromatic carbocycles. The van der Waals surface area contributed by atoms with Crippen LogP contribution in [0, 0.1) is 0 Å². The van der Waals surface area contributed by atoms with E-state index in [0.717, 1.165) is 6.54 Å². The lowest BCUT2D eigenvalue weighted by molar-refractivity contribution is -0.138. The summed E-state index contributed by atoms with van der Waals surface area (Å²) >= 11 is 0. The smallest absolute Gasteiger partial charge is 0.333 e. The van der Waals surface area contributed by atoms with E-state index in [0.29, 0.717) is 18.2 Å². The highest BCUT2D eigenvalue weighted by Crippen LogP contribution is 2.14. The van der Waals surface area contributed by atoms with Crippen LogP contribution in [0.1, 0.15) is 13.8 Å². The molecule has 0 saturated carbocycles. The summed E-state index contributed by atoms with van der Waals surface area (Å²) in [6.45, 7) is 8.32. The van der Waals surface area contributed by atoms with Gasteiger partial charge in [-0.1, -0.05) is 6.58 Å². The molecule has 0 aromatic heterocycles. The SMILES string of the molecule is C=C(C)C(=O)OCCNC(=O)N1CC1C. The van der Waals surface area contributed by atoms with Gasteiger partial charge in [-0.25, -0.2) is 9.59 Å². The van der Waals surface area contributed by atoms with Gasteiger partial charge < -0.3 is 15.0 Å². The summed E-state index contributed by atoms with van der Waals surface area (Å²) in [6, 6.07) is 0.233. The summed E-state index contributed by atoms with van der Waals surface area (Å²) in [7, 11) is 0. The second-order valence-electron chi connectivity index (χ2n) is 3.65. The zero-order valence-electron chi connectivity index (χ0n) is 9.08. The maximum Gasteiger partial charge on any atom is 0.333 e. The van der Waals surface area contributed by atoms with Crippen molar-refractivity contribution in [3.63, 3.8) is 0 Å². The fourth-order valence-electron chi connectivity index (χ4n) is 1.05. The van der Waals surface area contributed by atoms with Crippen molar-refractivity contribution in [1.82, 2.24) is 10.2 Å². The fraction of sp³-hybridized carbons (Fsp3) is 0.600. The van der Waals surface area contributed by atoms with Crippen LogP contribution in [0.15, 0.2) is 12.2 Å². The summed E-state index contributed by atoms with van der Waals surface area (Å²) in [5.41, 5.74) is 0.362. The lowest BCUT2D eigenvalue weighted by Crippen LogP contribution is -2.32. The fourth-order valence-corrected chi connectivity index (χ4v) is 1.05. The molecule has 1 aliphatic rings. The molecule has 0 bridgehead atoms. The van der Waals surface area contributed by atoms with Gasteiger partial charge in [0.2, 0.25) is 0 Å². The van der Waals surface area contributed by atoms with Crippen LogP contribution < -0.4 is 5.32 Å². The number of nitrogens with one attached hydrogen (secondary N) is 1. The molecule has 0 spiro atoms. The van der Waals surface area contributed by atoms with Crippen molar-refractivity contribution in [3.05, 3.63) is 12.2 Å². The van der Waals surface area contributed by atoms with Gasteiger partial charge >= 0.3 is 12.0 Å². The molecule has 1 rings (SSSR count). The number of rotatable bonds is 4. The van der Waals surface area contributed by atoms with E-state index in [1.807, 2.05) is 6.92 Å². The molecule has 1 heterocycles. The largest absolute Gasteiger partial charge is 0.460 e. The van der Waals surface area contributed by atoms with Crippen LogP contribution in [0.5, 0.6) is 0 Å². The monoisotopic (exact) mass is 212 g/mol. The van der Waals surface area contributed by atoms with Crippen LogP contribution in [0.25, 0.3) is 0 Å². The molecular formula is C10H16N2O3. The Balaban J connectivity index is 2.04. The summed E-state index contributed by atoms with van der Waals surface area (Å²) < 4.78 is 4.81. The molecule has 15 heavy (non-hydrogen) atoms. The first-order valence-electron chi connectivity index (χ1n) is 4.89. The molecule has 1 N–H and O–H groups in total. The number of carbonyl (C=O) groups excluding carboxylic acids is 2. The van der Waals surface area contributed by atoms with E-state index in [1.54, 1.807) is 11.8 Å². The van der Waals surface area contributed by atoms with Crippen molar-refractivity contribution >= 4 is 12.0 Å². The van der Waals surface area contributed by atoms with Crippen LogP contribution in [-0.2, 0) is 9.53 Å². The third-order valence-electron chi connectivity index (χ3n) is 2.08. The zero-order valence-corrected chi connectivity index (χ0v) is 9.08. The van der Waals surface area contributed by atoms with Crippen LogP contribution in [0.2, 0.25) is 0 Å². The van der Waals surface area contributed by atoms with E-state index in [9.17, 15) is 9.59 Å². The Labute approximate surface area is 89.1 Å². The predicted octanol–water partition coefficient (Wildman–Crippen LogP) is 0.519. The van der Waals surface area contributed by atoms with Gasteiger partial charge in [-0.2, -0.15) is 0 Å². The minimum atomic E-state index is -0.427. The van der Waals surface area contributed by atoms with Crippen molar-refractivity contribution in [2.24, 2.45) is 0 Å². The van der Waals surface area contributed by atoms with E-state index in [-0.39, 0.29) is 12.6 Å². The molecule has 1 aliphatic heterocycles. The standard InChI is InChI=1S/C10H16N2O3/c1-7(2)9(13)15-5-4-11-10(14)12-6-8(12)3/h8H,1,4-6H2,2-3H3,(H,11,14). The molecule has 5 nitrogen and oxygen atoms in total. The summed E-state index contributed by atoms with van der Waals surface area (Å²) in [5.74, 6) is -0.427. The number of esters is 1. The van der Waals surface area contributed by atoms with Gasteiger partial charge in [0.1, 0.15) is 6.61 Å². The van der Waals surface area contributed by atoms with Gasteiger partial charge in [0.15, 0.2) is 0 Å². The lowest BCUT2D eigenvalue weighted by Gasteiger charge is -2.07. The topological polar surface area (TPSA) is 58.4 Å². The Morgan fingerprint density at radius 3 is 2.67 bits per heavy atom. The maximum absolute atomic E-state index is 11.3. The highest BCUT2D eigenvalue weighted by Gasteiger charge is 2.33. The van der Waals surface area contributed by atoms with Gasteiger partial charge in [0.05, 0.1) is 6.54 Å². The van der Waals surface area contributed by atoms with Crippen molar-refractivity contribution < 1.29 is 14.3 Å². The normalized spacial score (nSPS) is 18.3. The third kappa shape index (κ3) is 3.61. The summed E-state index contributed by atoms with van der Waals surface area (Å²) in [5, 5.41) is 2.65. The summed E-state index contributed by atoms with van der Waals surface area (Å²) in [6.07, 6.45) is 0. The van der Waals surface area contributed by atoms with E-state index in [4.69, 9.17) is 4.74 Å². The van der Waals surface area contributed by atoms with Crippen molar-refractivity contribution in [1.29, 1.82) is 0 Å². The Kier molecular flexibility index (Phi) is 3.71. The maximum atomic E-state index is 11.3. The van der Waals surface area contributed by atoms with Crippen molar-refractivity contribution in [2.75, 3.05) is 19.7 Å². The third-order valence-corrected chi connectivity index (χ3v) is 2.08. The highest BCUT2D eigenvalue weighted by atomic mass is 16.5. The lowest BCUT2D eigenvalue weighted by atomic mass is 10.4. The first-order chi connectivity index (χ1) is 7.02. The minimum Gasteiger partial charge on any atom is -0.460 e. The van der Waals surface area contributed by atoms with E-state index >= 15 is 0 Å². The molecule has 0 radical (unpaired) electrons. The van der Waals surface area contributed by atoms with Crippen molar-refractivity contribution in [3.8, 4) is 0 Å².